The van der Waals surface area contributed by atoms with Crippen LogP contribution in [0.1, 0.15) is 12.8 Å². The lowest BCUT2D eigenvalue weighted by atomic mass is 10.4. The second-order valence-electron chi connectivity index (χ2n) is 3.97. The second kappa shape index (κ2) is 4.53. The Morgan fingerprint density at radius 1 is 1.40 bits per heavy atom. The van der Waals surface area contributed by atoms with E-state index in [2.05, 4.69) is 15.3 Å². The van der Waals surface area contributed by atoms with Crippen molar-refractivity contribution in [2.24, 2.45) is 0 Å². The molecule has 1 aliphatic rings. The summed E-state index contributed by atoms with van der Waals surface area (Å²) in [5.74, 6) is 0.925. The zero-order valence-corrected chi connectivity index (χ0v) is 9.24. The van der Waals surface area contributed by atoms with Gasteiger partial charge in [-0.1, -0.05) is 0 Å². The van der Waals surface area contributed by atoms with Crippen LogP contribution in [-0.2, 0) is 6.54 Å². The lowest BCUT2D eigenvalue weighted by Crippen LogP contribution is -2.24. The lowest BCUT2D eigenvalue weighted by molar-refractivity contribution is 0.317. The minimum absolute atomic E-state index is 0.721. The average Bonchev–Trinajstić information content (AvgIpc) is 2.84. The van der Waals surface area contributed by atoms with E-state index in [0.717, 1.165) is 24.6 Å². The van der Waals surface area contributed by atoms with E-state index in [1.54, 1.807) is 6.20 Å². The predicted molar refractivity (Wildman–Crippen MR) is 61.9 cm³/mol. The van der Waals surface area contributed by atoms with Crippen LogP contribution in [0.5, 0.6) is 0 Å². The number of hydrogen-bond donors (Lipinski definition) is 2. The van der Waals surface area contributed by atoms with Crippen molar-refractivity contribution in [3.63, 3.8) is 0 Å². The van der Waals surface area contributed by atoms with Gasteiger partial charge in [0.1, 0.15) is 5.82 Å². The molecule has 0 bridgehead atoms. The van der Waals surface area contributed by atoms with Gasteiger partial charge in [0, 0.05) is 13.6 Å². The summed E-state index contributed by atoms with van der Waals surface area (Å²) in [5.41, 5.74) is 6.50. The highest BCUT2D eigenvalue weighted by molar-refractivity contribution is 5.60. The molecule has 3 N–H and O–H groups in total. The molecule has 0 unspecified atom stereocenters. The summed E-state index contributed by atoms with van der Waals surface area (Å²) in [4.78, 5) is 2.47. The maximum Gasteiger partial charge on any atom is 0.147 e. The van der Waals surface area contributed by atoms with Crippen LogP contribution < -0.4 is 11.1 Å². The van der Waals surface area contributed by atoms with Gasteiger partial charge in [-0.2, -0.15) is 5.10 Å². The van der Waals surface area contributed by atoms with Crippen molar-refractivity contribution in [3.05, 3.63) is 6.20 Å². The monoisotopic (exact) mass is 209 g/mol. The third-order valence-electron chi connectivity index (χ3n) is 2.93. The summed E-state index contributed by atoms with van der Waals surface area (Å²) in [6.07, 6.45) is 4.37. The Morgan fingerprint density at radius 2 is 2.13 bits per heavy atom. The smallest absolute Gasteiger partial charge is 0.147 e. The number of nitrogen functional groups attached to an aromatic ring is 1. The molecule has 5 heteroatoms. The van der Waals surface area contributed by atoms with Crippen molar-refractivity contribution < 1.29 is 0 Å². The maximum absolute atomic E-state index is 5.78. The van der Waals surface area contributed by atoms with Gasteiger partial charge in [-0.25, -0.2) is 4.68 Å². The molecule has 0 amide bonds. The Bertz CT molecular complexity index is 314. The van der Waals surface area contributed by atoms with Crippen LogP contribution in [-0.4, -0.2) is 41.4 Å². The number of likely N-dealkylation sites (tertiary alicyclic amines) is 1. The van der Waals surface area contributed by atoms with E-state index >= 15 is 0 Å². The molecule has 2 heterocycles. The molecule has 2 rings (SSSR count). The largest absolute Gasteiger partial charge is 0.394 e. The van der Waals surface area contributed by atoms with Crippen LogP contribution in [0.25, 0.3) is 0 Å². The fourth-order valence-electron chi connectivity index (χ4n) is 2.09. The van der Waals surface area contributed by atoms with E-state index in [1.165, 1.54) is 25.9 Å². The molecule has 15 heavy (non-hydrogen) atoms. The minimum Gasteiger partial charge on any atom is -0.394 e. The molecule has 0 radical (unpaired) electrons. The first-order valence-electron chi connectivity index (χ1n) is 5.52. The van der Waals surface area contributed by atoms with Crippen LogP contribution in [0, 0.1) is 0 Å². The van der Waals surface area contributed by atoms with Crippen LogP contribution in [0.4, 0.5) is 11.5 Å². The minimum atomic E-state index is 0.721. The Balaban J connectivity index is 1.92. The molecule has 0 aliphatic carbocycles. The number of nitrogens with one attached hydrogen (secondary N) is 1. The van der Waals surface area contributed by atoms with E-state index in [4.69, 9.17) is 5.73 Å². The van der Waals surface area contributed by atoms with E-state index in [0.29, 0.717) is 0 Å². The molecule has 1 aromatic rings. The molecular formula is C10H19N5. The molecule has 5 nitrogen and oxygen atoms in total. The summed E-state index contributed by atoms with van der Waals surface area (Å²) in [6, 6.07) is 0. The van der Waals surface area contributed by atoms with Crippen molar-refractivity contribution in [1.82, 2.24) is 14.7 Å². The topological polar surface area (TPSA) is 59.1 Å². The molecule has 1 aromatic heterocycles. The van der Waals surface area contributed by atoms with Gasteiger partial charge < -0.3 is 16.0 Å². The van der Waals surface area contributed by atoms with Crippen LogP contribution in [0.15, 0.2) is 6.20 Å². The first kappa shape index (κ1) is 10.3. The van der Waals surface area contributed by atoms with Crippen molar-refractivity contribution in [1.29, 1.82) is 0 Å². The highest BCUT2D eigenvalue weighted by Gasteiger charge is 2.12. The van der Waals surface area contributed by atoms with Crippen molar-refractivity contribution in [2.75, 3.05) is 37.7 Å². The molecule has 1 aliphatic heterocycles. The molecule has 0 aromatic carbocycles. The van der Waals surface area contributed by atoms with E-state index in [9.17, 15) is 0 Å². The average molecular weight is 209 g/mol. The van der Waals surface area contributed by atoms with Gasteiger partial charge >= 0.3 is 0 Å². The highest BCUT2D eigenvalue weighted by atomic mass is 15.3. The van der Waals surface area contributed by atoms with Gasteiger partial charge in [-0.3, -0.25) is 0 Å². The van der Waals surface area contributed by atoms with E-state index in [-0.39, 0.29) is 0 Å². The van der Waals surface area contributed by atoms with Gasteiger partial charge in [0.25, 0.3) is 0 Å². The summed E-state index contributed by atoms with van der Waals surface area (Å²) in [7, 11) is 1.87. The SMILES string of the molecule is CNc1c(N)cnn1CCN1CCCC1. The molecule has 1 saturated heterocycles. The molecule has 0 spiro atoms. The van der Waals surface area contributed by atoms with Crippen molar-refractivity contribution >= 4 is 11.5 Å². The van der Waals surface area contributed by atoms with Crippen molar-refractivity contribution in [2.45, 2.75) is 19.4 Å². The number of nitrogens with zero attached hydrogens (tertiary/aromatic N) is 3. The van der Waals surface area contributed by atoms with Gasteiger partial charge in [-0.05, 0) is 25.9 Å². The summed E-state index contributed by atoms with van der Waals surface area (Å²) in [6.45, 7) is 4.43. The number of hydrogen-bond acceptors (Lipinski definition) is 4. The highest BCUT2D eigenvalue weighted by Crippen LogP contribution is 2.16. The molecule has 84 valence electrons. The Kier molecular flexibility index (Phi) is 3.11. The van der Waals surface area contributed by atoms with E-state index in [1.807, 2.05) is 11.7 Å². The summed E-state index contributed by atoms with van der Waals surface area (Å²) in [5, 5.41) is 7.33. The van der Waals surface area contributed by atoms with Crippen LogP contribution in [0.3, 0.4) is 0 Å². The van der Waals surface area contributed by atoms with E-state index < -0.39 is 0 Å². The van der Waals surface area contributed by atoms with Crippen LogP contribution in [0.2, 0.25) is 0 Å². The summed E-state index contributed by atoms with van der Waals surface area (Å²) < 4.78 is 1.94. The third kappa shape index (κ3) is 2.23. The number of aromatic nitrogens is 2. The van der Waals surface area contributed by atoms with Gasteiger partial charge in [0.2, 0.25) is 0 Å². The second-order valence-corrected chi connectivity index (χ2v) is 3.97. The zero-order valence-electron chi connectivity index (χ0n) is 9.24. The van der Waals surface area contributed by atoms with Crippen molar-refractivity contribution in [3.8, 4) is 0 Å². The standard InChI is InChI=1S/C10H19N5/c1-12-10-9(11)8-13-15(10)7-6-14-4-2-3-5-14/h8,12H,2-7,11H2,1H3. The normalized spacial score (nSPS) is 17.1. The Labute approximate surface area is 90.2 Å². The van der Waals surface area contributed by atoms with Gasteiger partial charge in [0.05, 0.1) is 18.4 Å². The number of anilines is 2. The third-order valence-corrected chi connectivity index (χ3v) is 2.93. The first-order valence-corrected chi connectivity index (χ1v) is 5.52. The molecule has 0 saturated carbocycles. The number of rotatable bonds is 4. The molecule has 1 fully saturated rings. The summed E-state index contributed by atoms with van der Waals surface area (Å²) >= 11 is 0. The lowest BCUT2D eigenvalue weighted by Gasteiger charge is -2.15. The first-order chi connectivity index (χ1) is 7.31. The quantitative estimate of drug-likeness (QED) is 0.762. The van der Waals surface area contributed by atoms with Crippen LogP contribution >= 0.6 is 0 Å². The fraction of sp³-hybridized carbons (Fsp3) is 0.700. The van der Waals surface area contributed by atoms with Gasteiger partial charge in [-0.15, -0.1) is 0 Å². The molecular weight excluding hydrogens is 190 g/mol. The van der Waals surface area contributed by atoms with Gasteiger partial charge in [0.15, 0.2) is 0 Å². The Hall–Kier alpha value is -1.23. The predicted octanol–water partition coefficient (Wildman–Crippen LogP) is 0.603. The zero-order chi connectivity index (χ0) is 10.7. The Morgan fingerprint density at radius 3 is 2.80 bits per heavy atom. The maximum atomic E-state index is 5.78. The number of nitrogens with two attached hydrogens (primary N) is 1. The molecule has 0 atom stereocenters. The fourth-order valence-corrected chi connectivity index (χ4v) is 2.09.